The Labute approximate surface area is 230 Å². The Bertz CT molecular complexity index is 1240. The number of hydrogen-bond acceptors (Lipinski definition) is 3. The molecule has 1 aliphatic carbocycles. The van der Waals surface area contributed by atoms with Crippen molar-refractivity contribution in [2.24, 2.45) is 5.92 Å². The van der Waals surface area contributed by atoms with Crippen LogP contribution in [0.3, 0.4) is 0 Å². The standard InChI is InChI=1S/C32H36ClN3O2/c1-24(37)35-31(26-10-6-3-7-11-26)17-20-36(21-18-31)23-28-22-32(28,27-12-14-29(33)15-13-27)30(38)34-19-16-25-8-4-2-5-9-25/h2-15,28H,16-23H2,1H3,(H,34,38)(H,35,37)/t28-,32+/m0/s1. The number of hydrogen-bond donors (Lipinski definition) is 2. The molecule has 2 aliphatic rings. The third-order valence-electron chi connectivity index (χ3n) is 8.34. The summed E-state index contributed by atoms with van der Waals surface area (Å²) < 4.78 is 0. The van der Waals surface area contributed by atoms with Crippen LogP contribution in [-0.2, 0) is 27.0 Å². The first-order valence-electron chi connectivity index (χ1n) is 13.6. The highest BCUT2D eigenvalue weighted by Gasteiger charge is 2.61. The highest BCUT2D eigenvalue weighted by molar-refractivity contribution is 6.30. The van der Waals surface area contributed by atoms with E-state index in [1.807, 2.05) is 60.7 Å². The lowest BCUT2D eigenvalue weighted by Crippen LogP contribution is -2.53. The fourth-order valence-corrected chi connectivity index (χ4v) is 6.32. The zero-order valence-corrected chi connectivity index (χ0v) is 22.7. The van der Waals surface area contributed by atoms with Crippen LogP contribution in [0.4, 0.5) is 0 Å². The first-order chi connectivity index (χ1) is 18.4. The van der Waals surface area contributed by atoms with Crippen LogP contribution < -0.4 is 10.6 Å². The van der Waals surface area contributed by atoms with Gasteiger partial charge in [-0.2, -0.15) is 0 Å². The van der Waals surface area contributed by atoms with Crippen LogP contribution in [0.5, 0.6) is 0 Å². The topological polar surface area (TPSA) is 61.4 Å². The summed E-state index contributed by atoms with van der Waals surface area (Å²) in [6, 6.07) is 28.3. The average molecular weight is 530 g/mol. The lowest BCUT2D eigenvalue weighted by molar-refractivity contribution is -0.124. The van der Waals surface area contributed by atoms with Crippen LogP contribution >= 0.6 is 11.6 Å². The monoisotopic (exact) mass is 529 g/mol. The number of halogens is 1. The van der Waals surface area contributed by atoms with E-state index in [9.17, 15) is 9.59 Å². The summed E-state index contributed by atoms with van der Waals surface area (Å²) in [7, 11) is 0. The molecule has 38 heavy (non-hydrogen) atoms. The normalized spacial score (nSPS) is 22.4. The van der Waals surface area contributed by atoms with Crippen molar-refractivity contribution in [3.63, 3.8) is 0 Å². The van der Waals surface area contributed by atoms with Crippen molar-refractivity contribution < 1.29 is 9.59 Å². The number of benzene rings is 3. The maximum Gasteiger partial charge on any atom is 0.231 e. The first kappa shape index (κ1) is 26.5. The summed E-state index contributed by atoms with van der Waals surface area (Å²) in [5.74, 6) is 0.346. The van der Waals surface area contributed by atoms with E-state index in [4.69, 9.17) is 11.6 Å². The Morgan fingerprint density at radius 1 is 0.895 bits per heavy atom. The fraction of sp³-hybridized carbons (Fsp3) is 0.375. The molecule has 0 spiro atoms. The first-order valence-corrected chi connectivity index (χ1v) is 13.9. The molecule has 6 heteroatoms. The molecule has 1 saturated carbocycles. The molecule has 3 aromatic carbocycles. The van der Waals surface area contributed by atoms with Gasteiger partial charge >= 0.3 is 0 Å². The van der Waals surface area contributed by atoms with Crippen LogP contribution in [-0.4, -0.2) is 42.9 Å². The van der Waals surface area contributed by atoms with Crippen LogP contribution in [0, 0.1) is 5.92 Å². The zero-order chi connectivity index (χ0) is 26.6. The van der Waals surface area contributed by atoms with Crippen molar-refractivity contribution in [1.82, 2.24) is 15.5 Å². The summed E-state index contributed by atoms with van der Waals surface area (Å²) in [5, 5.41) is 7.17. The smallest absolute Gasteiger partial charge is 0.231 e. The predicted molar refractivity (Wildman–Crippen MR) is 152 cm³/mol. The molecule has 0 radical (unpaired) electrons. The van der Waals surface area contributed by atoms with Crippen LogP contribution in [0.1, 0.15) is 42.9 Å². The van der Waals surface area contributed by atoms with Crippen LogP contribution in [0.15, 0.2) is 84.9 Å². The van der Waals surface area contributed by atoms with Crippen molar-refractivity contribution in [3.8, 4) is 0 Å². The Morgan fingerprint density at radius 2 is 1.53 bits per heavy atom. The lowest BCUT2D eigenvalue weighted by Gasteiger charge is -2.43. The predicted octanol–water partition coefficient (Wildman–Crippen LogP) is 5.08. The summed E-state index contributed by atoms with van der Waals surface area (Å²) in [6.45, 7) is 4.82. The number of nitrogens with one attached hydrogen (secondary N) is 2. The van der Waals surface area contributed by atoms with Gasteiger partial charge in [0, 0.05) is 38.1 Å². The minimum absolute atomic E-state index is 0.00146. The molecule has 5 nitrogen and oxygen atoms in total. The molecule has 1 aliphatic heterocycles. The second kappa shape index (κ2) is 11.3. The molecule has 2 N–H and O–H groups in total. The van der Waals surface area contributed by atoms with Gasteiger partial charge in [-0.05, 0) is 60.4 Å². The second-order valence-corrected chi connectivity index (χ2v) is 11.2. The van der Waals surface area contributed by atoms with Gasteiger partial charge in [0.15, 0.2) is 0 Å². The van der Waals surface area contributed by atoms with E-state index in [-0.39, 0.29) is 23.3 Å². The third kappa shape index (κ3) is 5.64. The van der Waals surface area contributed by atoms with E-state index in [1.54, 1.807) is 6.92 Å². The molecule has 2 atom stereocenters. The molecular formula is C32H36ClN3O2. The number of rotatable bonds is 9. The molecule has 0 unspecified atom stereocenters. The third-order valence-corrected chi connectivity index (χ3v) is 8.59. The van der Waals surface area contributed by atoms with E-state index in [1.165, 1.54) is 5.56 Å². The zero-order valence-electron chi connectivity index (χ0n) is 22.0. The second-order valence-electron chi connectivity index (χ2n) is 10.8. The fourth-order valence-electron chi connectivity index (χ4n) is 6.19. The van der Waals surface area contributed by atoms with E-state index in [0.717, 1.165) is 56.4 Å². The summed E-state index contributed by atoms with van der Waals surface area (Å²) in [6.07, 6.45) is 3.34. The Balaban J connectivity index is 1.26. The summed E-state index contributed by atoms with van der Waals surface area (Å²) >= 11 is 6.18. The molecule has 1 heterocycles. The Morgan fingerprint density at radius 3 is 2.16 bits per heavy atom. The quantitative estimate of drug-likeness (QED) is 0.406. The highest BCUT2D eigenvalue weighted by atomic mass is 35.5. The van der Waals surface area contributed by atoms with Crippen LogP contribution in [0.2, 0.25) is 5.02 Å². The highest BCUT2D eigenvalue weighted by Crippen LogP contribution is 2.55. The van der Waals surface area contributed by atoms with Gasteiger partial charge in [-0.15, -0.1) is 0 Å². The van der Waals surface area contributed by atoms with Gasteiger partial charge in [0.1, 0.15) is 0 Å². The average Bonchev–Trinajstić information content (AvgIpc) is 3.66. The van der Waals surface area contributed by atoms with Crippen LogP contribution in [0.25, 0.3) is 0 Å². The Hall–Kier alpha value is -3.15. The molecule has 2 amide bonds. The molecule has 1 saturated heterocycles. The molecule has 5 rings (SSSR count). The minimum atomic E-state index is -0.521. The van der Waals surface area contributed by atoms with E-state index >= 15 is 0 Å². The number of carbonyl (C=O) groups excluding carboxylic acids is 2. The maximum absolute atomic E-state index is 13.7. The lowest BCUT2D eigenvalue weighted by atomic mass is 9.80. The van der Waals surface area contributed by atoms with Gasteiger partial charge in [0.25, 0.3) is 0 Å². The van der Waals surface area contributed by atoms with Gasteiger partial charge in [-0.1, -0.05) is 84.4 Å². The number of likely N-dealkylation sites (tertiary alicyclic amines) is 1. The van der Waals surface area contributed by atoms with Crippen molar-refractivity contribution in [2.75, 3.05) is 26.2 Å². The molecule has 2 fully saturated rings. The molecule has 0 bridgehead atoms. The van der Waals surface area contributed by atoms with Gasteiger partial charge in [-0.25, -0.2) is 0 Å². The summed E-state index contributed by atoms with van der Waals surface area (Å²) in [4.78, 5) is 28.2. The van der Waals surface area contributed by atoms with Crippen molar-refractivity contribution in [3.05, 3.63) is 107 Å². The number of carbonyl (C=O) groups is 2. The van der Waals surface area contributed by atoms with E-state index in [2.05, 4.69) is 39.8 Å². The molecular weight excluding hydrogens is 494 g/mol. The van der Waals surface area contributed by atoms with Gasteiger partial charge < -0.3 is 15.5 Å². The van der Waals surface area contributed by atoms with E-state index in [0.29, 0.717) is 11.6 Å². The maximum atomic E-state index is 13.7. The van der Waals surface area contributed by atoms with Gasteiger partial charge in [0.05, 0.1) is 11.0 Å². The van der Waals surface area contributed by atoms with Gasteiger partial charge in [-0.3, -0.25) is 9.59 Å². The molecule has 0 aromatic heterocycles. The van der Waals surface area contributed by atoms with Crippen molar-refractivity contribution in [1.29, 1.82) is 0 Å². The Kier molecular flexibility index (Phi) is 7.87. The van der Waals surface area contributed by atoms with Crippen molar-refractivity contribution >= 4 is 23.4 Å². The number of piperidine rings is 1. The number of amides is 2. The minimum Gasteiger partial charge on any atom is -0.355 e. The van der Waals surface area contributed by atoms with E-state index < -0.39 is 5.41 Å². The number of nitrogens with zero attached hydrogens (tertiary/aromatic N) is 1. The molecule has 3 aromatic rings. The van der Waals surface area contributed by atoms with Crippen molar-refractivity contribution in [2.45, 2.75) is 43.6 Å². The SMILES string of the molecule is CC(=O)NC1(c2ccccc2)CCN(C[C@@H]2C[C@@]2(C(=O)NCCc2ccccc2)c2ccc(Cl)cc2)CC1. The summed E-state index contributed by atoms with van der Waals surface area (Å²) in [5.41, 5.74) is 2.56. The molecule has 198 valence electrons. The largest absolute Gasteiger partial charge is 0.355 e. The van der Waals surface area contributed by atoms with Gasteiger partial charge in [0.2, 0.25) is 11.8 Å².